The Balaban J connectivity index is 2.67. The number of hydrogen-bond acceptors (Lipinski definition) is 18. The molecule has 2 rings (SSSR count). The van der Waals surface area contributed by atoms with E-state index < -0.39 is 150 Å². The summed E-state index contributed by atoms with van der Waals surface area (Å²) < 4.78 is 0. The summed E-state index contributed by atoms with van der Waals surface area (Å²) in [5.74, 6) is -12.1. The minimum atomic E-state index is -1.64. The van der Waals surface area contributed by atoms with Crippen molar-refractivity contribution in [1.29, 1.82) is 0 Å². The Hall–Kier alpha value is -6.09. The highest BCUT2D eigenvalue weighted by molar-refractivity contribution is 5.99. The van der Waals surface area contributed by atoms with Gasteiger partial charge in [0.25, 0.3) is 0 Å². The van der Waals surface area contributed by atoms with Gasteiger partial charge in [0, 0.05) is 62.8 Å². The first-order valence-corrected chi connectivity index (χ1v) is 30.4. The van der Waals surface area contributed by atoms with Crippen molar-refractivity contribution in [1.82, 2.24) is 37.2 Å². The summed E-state index contributed by atoms with van der Waals surface area (Å²) in [6.07, 6.45) is -1.49. The maximum atomic E-state index is 14.7. The molecule has 1 saturated heterocycles. The molecule has 480 valence electrons. The van der Waals surface area contributed by atoms with Crippen molar-refractivity contribution in [3.05, 3.63) is 35.9 Å². The standard InChI is InChI=1S/C60H102N12O13/c1-7-36(4)13-11-12-16-43(75)31-40(17-23-61)56(81)72-53(38(6)74)60(85)69-47(21-27-65)58(83)68-46-22-28-66-57(82)44(37(5)73)34-52(78)45(20-26-64)67-54(79)42(19-25-63)33-51(77)48(29-35(2)3)70-59(84)49(30-39-14-9-8-10-15-39)71-55(80)41(18-24-62)32-50(46)76/h8-10,14-15,35-38,40-42,44-49,53,73-74H,7,11-13,16-34,61-65H2,1-6H3,(H,66,82)(H,67,79)(H,68,83)(H,69,85)(H,70,84)(H,71,80)(H,72,81). The number of nitrogens with two attached hydrogens (primary N) is 5. The number of amides is 7. The fourth-order valence-electron chi connectivity index (χ4n) is 10.2. The summed E-state index contributed by atoms with van der Waals surface area (Å²) in [6, 6.07) is 0.289. The van der Waals surface area contributed by atoms with Gasteiger partial charge >= 0.3 is 0 Å². The van der Waals surface area contributed by atoms with Gasteiger partial charge in [-0.15, -0.1) is 0 Å². The summed E-state index contributed by atoms with van der Waals surface area (Å²) in [5, 5.41) is 40.2. The molecular formula is C60H102N12O13. The lowest BCUT2D eigenvalue weighted by molar-refractivity contribution is -0.137. The first-order chi connectivity index (χ1) is 40.3. The quantitative estimate of drug-likeness (QED) is 0.0416. The highest BCUT2D eigenvalue weighted by Crippen LogP contribution is 2.21. The van der Waals surface area contributed by atoms with E-state index in [1.165, 1.54) is 13.8 Å². The van der Waals surface area contributed by atoms with Gasteiger partial charge in [-0.05, 0) is 115 Å². The zero-order chi connectivity index (χ0) is 63.8. The van der Waals surface area contributed by atoms with Crippen LogP contribution in [-0.2, 0) is 59.2 Å². The molecule has 0 aromatic heterocycles. The van der Waals surface area contributed by atoms with Crippen molar-refractivity contribution in [3.8, 4) is 0 Å². The first-order valence-electron chi connectivity index (χ1n) is 30.4. The number of ketones is 4. The average molecular weight is 1200 g/mol. The Morgan fingerprint density at radius 3 is 1.75 bits per heavy atom. The van der Waals surface area contributed by atoms with Crippen LogP contribution in [0, 0.1) is 35.5 Å². The third-order valence-electron chi connectivity index (χ3n) is 15.5. The van der Waals surface area contributed by atoms with Crippen molar-refractivity contribution < 1.29 is 63.0 Å². The number of aliphatic hydroxyl groups excluding tert-OH is 2. The second-order valence-corrected chi connectivity index (χ2v) is 23.3. The lowest BCUT2D eigenvalue weighted by atomic mass is 9.89. The van der Waals surface area contributed by atoms with Gasteiger partial charge < -0.3 is 76.1 Å². The lowest BCUT2D eigenvalue weighted by Crippen LogP contribution is -2.59. The molecule has 0 saturated carbocycles. The summed E-state index contributed by atoms with van der Waals surface area (Å²) in [7, 11) is 0. The van der Waals surface area contributed by atoms with Crippen LogP contribution in [0.1, 0.15) is 150 Å². The fraction of sp³-hybridized carbons (Fsp3) is 0.717. The van der Waals surface area contributed by atoms with E-state index in [2.05, 4.69) is 51.1 Å². The van der Waals surface area contributed by atoms with E-state index in [9.17, 15) is 63.0 Å². The van der Waals surface area contributed by atoms with E-state index in [0.29, 0.717) is 17.9 Å². The van der Waals surface area contributed by atoms with Crippen LogP contribution >= 0.6 is 0 Å². The minimum Gasteiger partial charge on any atom is -0.393 e. The predicted octanol–water partition coefficient (Wildman–Crippen LogP) is -0.882. The molecular weight excluding hydrogens is 1100 g/mol. The van der Waals surface area contributed by atoms with Crippen LogP contribution in [-0.4, -0.2) is 162 Å². The third kappa shape index (κ3) is 27.4. The molecule has 1 aromatic rings. The number of carbonyl (C=O) groups excluding carboxylic acids is 11. The largest absolute Gasteiger partial charge is 0.393 e. The van der Waals surface area contributed by atoms with E-state index in [1.807, 2.05) is 13.8 Å². The molecule has 7 amide bonds. The number of unbranched alkanes of at least 4 members (excludes halogenated alkanes) is 1. The number of nitrogens with one attached hydrogen (secondary N) is 7. The molecule has 1 aromatic carbocycles. The van der Waals surface area contributed by atoms with E-state index in [1.54, 1.807) is 30.3 Å². The minimum absolute atomic E-state index is 0.0171. The van der Waals surface area contributed by atoms with Gasteiger partial charge in [-0.3, -0.25) is 52.7 Å². The molecule has 13 unspecified atom stereocenters. The van der Waals surface area contributed by atoms with Gasteiger partial charge in [0.15, 0.2) is 17.3 Å². The van der Waals surface area contributed by atoms with Crippen molar-refractivity contribution in [3.63, 3.8) is 0 Å². The molecule has 25 nitrogen and oxygen atoms in total. The van der Waals surface area contributed by atoms with E-state index in [-0.39, 0.29) is 115 Å². The summed E-state index contributed by atoms with van der Waals surface area (Å²) in [5.41, 5.74) is 30.2. The van der Waals surface area contributed by atoms with Gasteiger partial charge in [-0.25, -0.2) is 0 Å². The maximum absolute atomic E-state index is 14.7. The number of carbonyl (C=O) groups is 11. The smallest absolute Gasteiger partial charge is 0.245 e. The van der Waals surface area contributed by atoms with Crippen LogP contribution in [0.4, 0.5) is 0 Å². The lowest BCUT2D eigenvalue weighted by Gasteiger charge is -2.28. The Bertz CT molecular complexity index is 2310. The molecule has 19 N–H and O–H groups in total. The van der Waals surface area contributed by atoms with Crippen LogP contribution in [0.2, 0.25) is 0 Å². The maximum Gasteiger partial charge on any atom is 0.245 e. The SMILES string of the molecule is CCC(C)CCCCC(=O)CC(CCN)C(=O)NC(C(=O)NC(CCN)C(=O)NC1CCNC(=O)C(C(C)O)CC(=O)C(CCN)NC(=O)C(CCN)CC(=O)C(CC(C)C)NC(=O)C(Cc2ccccc2)NC(=O)C(CCN)CC1=O)C(C)O. The van der Waals surface area contributed by atoms with Crippen molar-refractivity contribution in [2.75, 3.05) is 39.3 Å². The molecule has 0 aliphatic carbocycles. The van der Waals surface area contributed by atoms with Gasteiger partial charge in [-0.1, -0.05) is 77.3 Å². The molecule has 0 radical (unpaired) electrons. The Morgan fingerprint density at radius 2 is 1.20 bits per heavy atom. The van der Waals surface area contributed by atoms with Crippen LogP contribution in [0.15, 0.2) is 30.3 Å². The Kier molecular flexibility index (Phi) is 35.6. The zero-order valence-electron chi connectivity index (χ0n) is 51.0. The number of benzene rings is 1. The van der Waals surface area contributed by atoms with E-state index >= 15 is 0 Å². The van der Waals surface area contributed by atoms with Crippen LogP contribution in [0.5, 0.6) is 0 Å². The van der Waals surface area contributed by atoms with Crippen molar-refractivity contribution in [2.24, 2.45) is 64.2 Å². The number of hydrogen-bond donors (Lipinski definition) is 14. The van der Waals surface area contributed by atoms with Crippen LogP contribution < -0.4 is 65.9 Å². The number of aliphatic hydroxyl groups is 2. The molecule has 1 aliphatic rings. The molecule has 0 bridgehead atoms. The van der Waals surface area contributed by atoms with Gasteiger partial charge in [0.1, 0.15) is 23.9 Å². The molecule has 13 atom stereocenters. The van der Waals surface area contributed by atoms with Gasteiger partial charge in [0.2, 0.25) is 41.4 Å². The summed E-state index contributed by atoms with van der Waals surface area (Å²) in [6.45, 7) is 9.69. The molecule has 1 fully saturated rings. The fourth-order valence-corrected chi connectivity index (χ4v) is 10.2. The monoisotopic (exact) mass is 1200 g/mol. The third-order valence-corrected chi connectivity index (χ3v) is 15.5. The van der Waals surface area contributed by atoms with Crippen LogP contribution in [0.3, 0.4) is 0 Å². The highest BCUT2D eigenvalue weighted by Gasteiger charge is 2.38. The van der Waals surface area contributed by atoms with E-state index in [4.69, 9.17) is 28.7 Å². The topological polar surface area (TPSA) is 443 Å². The first kappa shape index (κ1) is 75.0. The number of rotatable bonds is 30. The molecule has 1 aliphatic heterocycles. The average Bonchev–Trinajstić information content (AvgIpc) is 3.67. The van der Waals surface area contributed by atoms with E-state index in [0.717, 1.165) is 19.3 Å². The summed E-state index contributed by atoms with van der Waals surface area (Å²) in [4.78, 5) is 155. The van der Waals surface area contributed by atoms with Crippen LogP contribution in [0.25, 0.3) is 0 Å². The normalized spacial score (nSPS) is 23.2. The molecule has 0 spiro atoms. The molecule has 85 heavy (non-hydrogen) atoms. The van der Waals surface area contributed by atoms with Crippen molar-refractivity contribution in [2.45, 2.75) is 199 Å². The van der Waals surface area contributed by atoms with Crippen molar-refractivity contribution >= 4 is 64.5 Å². The second-order valence-electron chi connectivity index (χ2n) is 23.3. The van der Waals surface area contributed by atoms with Gasteiger partial charge in [0.05, 0.1) is 36.3 Å². The Labute approximate surface area is 501 Å². The molecule has 1 heterocycles. The van der Waals surface area contributed by atoms with Gasteiger partial charge in [-0.2, -0.15) is 0 Å². The summed E-state index contributed by atoms with van der Waals surface area (Å²) >= 11 is 0. The predicted molar refractivity (Wildman–Crippen MR) is 321 cm³/mol. The highest BCUT2D eigenvalue weighted by atomic mass is 16.3. The number of Topliss-reactive ketones (excluding diaryl/α,β-unsaturated/α-hetero) is 4. The second kappa shape index (κ2) is 40.3. The molecule has 25 heteroatoms. The zero-order valence-corrected chi connectivity index (χ0v) is 51.0. The Morgan fingerprint density at radius 1 is 0.624 bits per heavy atom.